The minimum Gasteiger partial charge on any atom is -0.380 e. The highest BCUT2D eigenvalue weighted by Gasteiger charge is 2.28. The molecule has 2 rings (SSSR count). The fourth-order valence-electron chi connectivity index (χ4n) is 3.00. The first-order valence-electron chi connectivity index (χ1n) is 6.90. The lowest BCUT2D eigenvalue weighted by atomic mass is 9.78. The molecule has 2 atom stereocenters. The van der Waals surface area contributed by atoms with Crippen molar-refractivity contribution in [3.63, 3.8) is 0 Å². The van der Waals surface area contributed by atoms with E-state index in [1.54, 1.807) is 0 Å². The third kappa shape index (κ3) is 3.98. The van der Waals surface area contributed by atoms with Crippen molar-refractivity contribution in [1.82, 2.24) is 0 Å². The van der Waals surface area contributed by atoms with Crippen LogP contribution in [0.4, 0.5) is 5.69 Å². The van der Waals surface area contributed by atoms with Gasteiger partial charge in [0.25, 0.3) is 0 Å². The van der Waals surface area contributed by atoms with Crippen LogP contribution in [-0.2, 0) is 0 Å². The predicted molar refractivity (Wildman–Crippen MR) is 93.7 cm³/mol. The zero-order chi connectivity index (χ0) is 14.0. The van der Waals surface area contributed by atoms with E-state index in [0.29, 0.717) is 6.04 Å². The van der Waals surface area contributed by atoms with Crippen LogP contribution < -0.4 is 5.32 Å². The normalized spacial score (nSPS) is 23.7. The summed E-state index contributed by atoms with van der Waals surface area (Å²) in [5, 5.41) is 3.76. The maximum absolute atomic E-state index is 3.76. The van der Waals surface area contributed by atoms with Crippen LogP contribution in [-0.4, -0.2) is 6.04 Å². The van der Waals surface area contributed by atoms with Crippen LogP contribution in [0.15, 0.2) is 25.6 Å². The Hall–Kier alpha value is 0.460. The first kappa shape index (κ1) is 15.8. The highest BCUT2D eigenvalue weighted by Crippen LogP contribution is 2.38. The highest BCUT2D eigenvalue weighted by molar-refractivity contribution is 9.11. The van der Waals surface area contributed by atoms with E-state index in [4.69, 9.17) is 0 Å². The van der Waals surface area contributed by atoms with Crippen molar-refractivity contribution in [2.24, 2.45) is 11.8 Å². The van der Waals surface area contributed by atoms with E-state index in [9.17, 15) is 0 Å². The summed E-state index contributed by atoms with van der Waals surface area (Å²) in [6.45, 7) is 4.69. The Morgan fingerprint density at radius 2 is 1.63 bits per heavy atom. The molecule has 0 aromatic heterocycles. The van der Waals surface area contributed by atoms with Crippen LogP contribution in [0.1, 0.15) is 39.5 Å². The molecule has 1 aromatic rings. The van der Waals surface area contributed by atoms with Gasteiger partial charge in [-0.05, 0) is 68.7 Å². The van der Waals surface area contributed by atoms with E-state index in [1.165, 1.54) is 31.4 Å². The fourth-order valence-corrected chi connectivity index (χ4v) is 5.49. The summed E-state index contributed by atoms with van der Waals surface area (Å²) < 4.78 is 3.31. The van der Waals surface area contributed by atoms with Crippen LogP contribution in [0, 0.1) is 11.8 Å². The van der Waals surface area contributed by atoms with Gasteiger partial charge >= 0.3 is 0 Å². The van der Waals surface area contributed by atoms with Crippen molar-refractivity contribution >= 4 is 53.5 Å². The van der Waals surface area contributed by atoms with Gasteiger partial charge in [0.1, 0.15) is 0 Å². The predicted octanol–water partition coefficient (Wildman–Crippen LogP) is 6.60. The van der Waals surface area contributed by atoms with Gasteiger partial charge in [0, 0.05) is 19.5 Å². The van der Waals surface area contributed by atoms with Gasteiger partial charge in [0.15, 0.2) is 0 Å². The Balaban J connectivity index is 2.19. The maximum atomic E-state index is 3.76. The lowest BCUT2D eigenvalue weighted by molar-refractivity contribution is 0.253. The molecule has 0 radical (unpaired) electrons. The molecule has 106 valence electrons. The summed E-state index contributed by atoms with van der Waals surface area (Å²) in [6, 6.07) is 4.78. The zero-order valence-electron chi connectivity index (χ0n) is 11.3. The number of rotatable bonds is 3. The molecular weight excluding hydrogens is 434 g/mol. The SMILES string of the molecule is CC(C)C1CCCCC1Nc1c(Br)cc(Br)cc1Br. The highest BCUT2D eigenvalue weighted by atomic mass is 79.9. The van der Waals surface area contributed by atoms with Crippen molar-refractivity contribution in [3.05, 3.63) is 25.6 Å². The van der Waals surface area contributed by atoms with Gasteiger partial charge in [0.2, 0.25) is 0 Å². The summed E-state index contributed by atoms with van der Waals surface area (Å²) in [7, 11) is 0. The molecule has 2 unspecified atom stereocenters. The maximum Gasteiger partial charge on any atom is 0.0632 e. The van der Waals surface area contributed by atoms with E-state index in [2.05, 4.69) is 79.1 Å². The number of nitrogens with one attached hydrogen (secondary N) is 1. The largest absolute Gasteiger partial charge is 0.380 e. The average molecular weight is 454 g/mol. The second-order valence-electron chi connectivity index (χ2n) is 5.69. The van der Waals surface area contributed by atoms with Gasteiger partial charge in [-0.2, -0.15) is 0 Å². The molecule has 1 N–H and O–H groups in total. The van der Waals surface area contributed by atoms with Crippen LogP contribution in [0.5, 0.6) is 0 Å². The summed E-state index contributed by atoms with van der Waals surface area (Å²) >= 11 is 10.8. The van der Waals surface area contributed by atoms with E-state index in [1.807, 2.05) is 0 Å². The average Bonchev–Trinajstić information content (AvgIpc) is 2.34. The Morgan fingerprint density at radius 3 is 2.21 bits per heavy atom. The van der Waals surface area contributed by atoms with Gasteiger partial charge in [-0.1, -0.05) is 42.6 Å². The Bertz CT molecular complexity index is 422. The van der Waals surface area contributed by atoms with Crippen molar-refractivity contribution < 1.29 is 0 Å². The first-order valence-corrected chi connectivity index (χ1v) is 9.28. The van der Waals surface area contributed by atoms with Gasteiger partial charge < -0.3 is 5.32 Å². The Labute approximate surface area is 141 Å². The number of anilines is 1. The van der Waals surface area contributed by atoms with Gasteiger partial charge in [0.05, 0.1) is 5.69 Å². The first-order chi connectivity index (χ1) is 8.99. The third-order valence-electron chi connectivity index (χ3n) is 4.01. The molecule has 0 amide bonds. The standard InChI is InChI=1S/C15H20Br3N/c1-9(2)11-5-3-4-6-14(11)19-15-12(17)7-10(16)8-13(15)18/h7-9,11,14,19H,3-6H2,1-2H3. The van der Waals surface area contributed by atoms with Gasteiger partial charge in [-0.3, -0.25) is 0 Å². The molecule has 1 saturated carbocycles. The molecule has 0 aliphatic heterocycles. The van der Waals surface area contributed by atoms with Crippen molar-refractivity contribution in [3.8, 4) is 0 Å². The molecule has 0 heterocycles. The second-order valence-corrected chi connectivity index (χ2v) is 8.31. The van der Waals surface area contributed by atoms with E-state index in [0.717, 1.165) is 25.3 Å². The van der Waals surface area contributed by atoms with E-state index in [-0.39, 0.29) is 0 Å². The Morgan fingerprint density at radius 1 is 1.05 bits per heavy atom. The lowest BCUT2D eigenvalue weighted by Gasteiger charge is -2.36. The van der Waals surface area contributed by atoms with Crippen LogP contribution in [0.2, 0.25) is 0 Å². The fraction of sp³-hybridized carbons (Fsp3) is 0.600. The Kier molecular flexibility index (Phi) is 5.79. The number of hydrogen-bond acceptors (Lipinski definition) is 1. The van der Waals surface area contributed by atoms with E-state index >= 15 is 0 Å². The molecule has 19 heavy (non-hydrogen) atoms. The van der Waals surface area contributed by atoms with Crippen molar-refractivity contribution in [2.75, 3.05) is 5.32 Å². The van der Waals surface area contributed by atoms with Crippen LogP contribution in [0.25, 0.3) is 0 Å². The van der Waals surface area contributed by atoms with Crippen molar-refractivity contribution in [2.45, 2.75) is 45.6 Å². The smallest absolute Gasteiger partial charge is 0.0632 e. The number of benzene rings is 1. The molecule has 1 aromatic carbocycles. The topological polar surface area (TPSA) is 12.0 Å². The minimum absolute atomic E-state index is 0.586. The lowest BCUT2D eigenvalue weighted by Crippen LogP contribution is -2.35. The summed E-state index contributed by atoms with van der Waals surface area (Å²) in [4.78, 5) is 0. The second kappa shape index (κ2) is 6.95. The molecule has 0 spiro atoms. The van der Waals surface area contributed by atoms with E-state index < -0.39 is 0 Å². The molecule has 1 aliphatic rings. The zero-order valence-corrected chi connectivity index (χ0v) is 16.1. The molecule has 1 aliphatic carbocycles. The van der Waals surface area contributed by atoms with Crippen molar-refractivity contribution in [1.29, 1.82) is 0 Å². The third-order valence-corrected chi connectivity index (χ3v) is 5.72. The molecule has 0 bridgehead atoms. The molecule has 0 saturated heterocycles. The quantitative estimate of drug-likeness (QED) is 0.543. The molecule has 1 fully saturated rings. The summed E-state index contributed by atoms with van der Waals surface area (Å²) in [5.41, 5.74) is 1.18. The van der Waals surface area contributed by atoms with Gasteiger partial charge in [-0.25, -0.2) is 0 Å². The number of hydrogen-bond donors (Lipinski definition) is 1. The molecule has 1 nitrogen and oxygen atoms in total. The molecular formula is C15H20Br3N. The monoisotopic (exact) mass is 451 g/mol. The summed E-state index contributed by atoms with van der Waals surface area (Å²) in [6.07, 6.45) is 5.34. The number of halogens is 3. The van der Waals surface area contributed by atoms with Gasteiger partial charge in [-0.15, -0.1) is 0 Å². The molecule has 4 heteroatoms. The summed E-state index contributed by atoms with van der Waals surface area (Å²) in [5.74, 6) is 1.52. The van der Waals surface area contributed by atoms with Crippen LogP contribution >= 0.6 is 47.8 Å². The minimum atomic E-state index is 0.586. The van der Waals surface area contributed by atoms with Crippen LogP contribution in [0.3, 0.4) is 0 Å².